The molecule has 3 atom stereocenters. The maximum atomic E-state index is 3.85. The molecule has 0 amide bonds. The van der Waals surface area contributed by atoms with Crippen LogP contribution in [-0.4, -0.2) is 17.5 Å². The molecule has 0 saturated heterocycles. The third kappa shape index (κ3) is 4.00. The molecule has 0 spiro atoms. The van der Waals surface area contributed by atoms with Crippen molar-refractivity contribution < 1.29 is 0 Å². The molecule has 1 fully saturated rings. The van der Waals surface area contributed by atoms with E-state index in [1.165, 1.54) is 42.4 Å². The summed E-state index contributed by atoms with van der Waals surface area (Å²) in [7, 11) is 0. The first-order chi connectivity index (χ1) is 9.10. The van der Waals surface area contributed by atoms with E-state index in [1.54, 1.807) is 0 Å². The second-order valence-corrected chi connectivity index (χ2v) is 7.11. The minimum Gasteiger partial charge on any atom is -0.307 e. The zero-order chi connectivity index (χ0) is 13.8. The maximum absolute atomic E-state index is 3.85. The lowest BCUT2D eigenvalue weighted by molar-refractivity contribution is 0.352. The van der Waals surface area contributed by atoms with Gasteiger partial charge in [-0.25, -0.2) is 0 Å². The van der Waals surface area contributed by atoms with E-state index >= 15 is 0 Å². The first-order valence-corrected chi connectivity index (χ1v) is 8.75. The standard InChI is InChI=1S/C17H27NS/c1-12-8-9-13(2)17(10-12)14(3)18-15-6-5-7-16(11-15)19-4/h8-10,14-16,18H,5-7,11H2,1-4H3. The van der Waals surface area contributed by atoms with Gasteiger partial charge in [0.15, 0.2) is 0 Å². The molecule has 1 aromatic rings. The van der Waals surface area contributed by atoms with E-state index in [9.17, 15) is 0 Å². The van der Waals surface area contributed by atoms with Crippen LogP contribution in [0.3, 0.4) is 0 Å². The lowest BCUT2D eigenvalue weighted by Crippen LogP contribution is -2.36. The molecule has 106 valence electrons. The van der Waals surface area contributed by atoms with E-state index in [0.717, 1.165) is 5.25 Å². The van der Waals surface area contributed by atoms with E-state index < -0.39 is 0 Å². The molecule has 0 aromatic heterocycles. The van der Waals surface area contributed by atoms with Gasteiger partial charge in [0, 0.05) is 17.3 Å². The Bertz CT molecular complexity index is 416. The summed E-state index contributed by atoms with van der Waals surface area (Å²) >= 11 is 2.04. The third-order valence-corrected chi connectivity index (χ3v) is 5.44. The third-order valence-electron chi connectivity index (χ3n) is 4.35. The molecule has 1 nitrogen and oxygen atoms in total. The molecule has 0 heterocycles. The average molecular weight is 277 g/mol. The van der Waals surface area contributed by atoms with Gasteiger partial charge < -0.3 is 5.32 Å². The number of thioether (sulfide) groups is 1. The fourth-order valence-corrected chi connectivity index (χ4v) is 4.01. The average Bonchev–Trinajstić information content (AvgIpc) is 2.41. The van der Waals surface area contributed by atoms with Crippen LogP contribution in [0.15, 0.2) is 18.2 Å². The molecule has 0 bridgehead atoms. The molecular formula is C17H27NS. The second kappa shape index (κ2) is 6.81. The van der Waals surface area contributed by atoms with Crippen molar-refractivity contribution in [2.45, 2.75) is 63.8 Å². The minimum atomic E-state index is 0.463. The Morgan fingerprint density at radius 3 is 2.79 bits per heavy atom. The second-order valence-electron chi connectivity index (χ2n) is 5.97. The Hall–Kier alpha value is -0.470. The van der Waals surface area contributed by atoms with Gasteiger partial charge >= 0.3 is 0 Å². The van der Waals surface area contributed by atoms with Crippen LogP contribution in [0.25, 0.3) is 0 Å². The lowest BCUT2D eigenvalue weighted by Gasteiger charge is -2.31. The summed E-state index contributed by atoms with van der Waals surface area (Å²) in [6, 6.07) is 7.94. The Morgan fingerprint density at radius 1 is 1.26 bits per heavy atom. The largest absolute Gasteiger partial charge is 0.307 e. The molecule has 1 aliphatic carbocycles. The molecule has 2 rings (SSSR count). The van der Waals surface area contributed by atoms with Crippen LogP contribution in [0.4, 0.5) is 0 Å². The highest BCUT2D eigenvalue weighted by molar-refractivity contribution is 7.99. The van der Waals surface area contributed by atoms with Crippen molar-refractivity contribution in [1.82, 2.24) is 5.32 Å². The zero-order valence-corrected chi connectivity index (χ0v) is 13.5. The highest BCUT2D eigenvalue weighted by Crippen LogP contribution is 2.29. The lowest BCUT2D eigenvalue weighted by atomic mass is 9.92. The molecule has 1 N–H and O–H groups in total. The minimum absolute atomic E-state index is 0.463. The molecular weight excluding hydrogens is 250 g/mol. The smallest absolute Gasteiger partial charge is 0.0297 e. The fraction of sp³-hybridized carbons (Fsp3) is 0.647. The number of aryl methyl sites for hydroxylation is 2. The number of hydrogen-bond donors (Lipinski definition) is 1. The SMILES string of the molecule is CSC1CCCC(NC(C)c2cc(C)ccc2C)C1. The monoisotopic (exact) mass is 277 g/mol. The summed E-state index contributed by atoms with van der Waals surface area (Å²) in [5.41, 5.74) is 4.23. The highest BCUT2D eigenvalue weighted by Gasteiger charge is 2.23. The Kier molecular flexibility index (Phi) is 5.35. The predicted molar refractivity (Wildman–Crippen MR) is 87.0 cm³/mol. The van der Waals surface area contributed by atoms with Crippen LogP contribution in [0.5, 0.6) is 0 Å². The van der Waals surface area contributed by atoms with Crippen molar-refractivity contribution in [2.75, 3.05) is 6.26 Å². The van der Waals surface area contributed by atoms with E-state index in [4.69, 9.17) is 0 Å². The Balaban J connectivity index is 2.00. The summed E-state index contributed by atoms with van der Waals surface area (Å²) < 4.78 is 0. The Morgan fingerprint density at radius 2 is 2.05 bits per heavy atom. The predicted octanol–water partition coefficient (Wildman–Crippen LogP) is 4.63. The van der Waals surface area contributed by atoms with Crippen molar-refractivity contribution in [3.05, 3.63) is 34.9 Å². The first kappa shape index (κ1) is 14.9. The van der Waals surface area contributed by atoms with Gasteiger partial charge in [-0.05, 0) is 57.4 Å². The molecule has 1 aromatic carbocycles. The van der Waals surface area contributed by atoms with Crippen LogP contribution in [-0.2, 0) is 0 Å². The maximum Gasteiger partial charge on any atom is 0.0297 e. The van der Waals surface area contributed by atoms with Crippen LogP contribution >= 0.6 is 11.8 Å². The summed E-state index contributed by atoms with van der Waals surface area (Å²) in [5.74, 6) is 0. The van der Waals surface area contributed by atoms with Crippen LogP contribution in [0, 0.1) is 13.8 Å². The van der Waals surface area contributed by atoms with Crippen LogP contribution < -0.4 is 5.32 Å². The highest BCUT2D eigenvalue weighted by atomic mass is 32.2. The van der Waals surface area contributed by atoms with Crippen molar-refractivity contribution >= 4 is 11.8 Å². The van der Waals surface area contributed by atoms with E-state index in [1.807, 2.05) is 11.8 Å². The van der Waals surface area contributed by atoms with Crippen LogP contribution in [0.2, 0.25) is 0 Å². The van der Waals surface area contributed by atoms with Crippen molar-refractivity contribution in [1.29, 1.82) is 0 Å². The zero-order valence-electron chi connectivity index (χ0n) is 12.7. The van der Waals surface area contributed by atoms with Gasteiger partial charge in [0.1, 0.15) is 0 Å². The molecule has 2 heteroatoms. The number of nitrogens with one attached hydrogen (secondary N) is 1. The topological polar surface area (TPSA) is 12.0 Å². The molecule has 1 saturated carbocycles. The molecule has 1 aliphatic rings. The van der Waals surface area contributed by atoms with Gasteiger partial charge in [0.2, 0.25) is 0 Å². The van der Waals surface area contributed by atoms with E-state index in [2.05, 4.69) is 50.5 Å². The molecule has 19 heavy (non-hydrogen) atoms. The number of benzene rings is 1. The van der Waals surface area contributed by atoms with Gasteiger partial charge in [-0.15, -0.1) is 0 Å². The summed E-state index contributed by atoms with van der Waals surface area (Å²) in [6.07, 6.45) is 7.70. The molecule has 0 aliphatic heterocycles. The van der Waals surface area contributed by atoms with Gasteiger partial charge in [0.05, 0.1) is 0 Å². The fourth-order valence-electron chi connectivity index (χ4n) is 3.18. The Labute approximate surface area is 122 Å². The van der Waals surface area contributed by atoms with Gasteiger partial charge in [-0.2, -0.15) is 11.8 Å². The summed E-state index contributed by atoms with van der Waals surface area (Å²) in [6.45, 7) is 6.71. The van der Waals surface area contributed by atoms with Gasteiger partial charge in [-0.3, -0.25) is 0 Å². The number of hydrogen-bond acceptors (Lipinski definition) is 2. The van der Waals surface area contributed by atoms with Gasteiger partial charge in [-0.1, -0.05) is 30.2 Å². The normalized spacial score (nSPS) is 25.3. The van der Waals surface area contributed by atoms with Gasteiger partial charge in [0.25, 0.3) is 0 Å². The van der Waals surface area contributed by atoms with Crippen molar-refractivity contribution in [3.63, 3.8) is 0 Å². The number of rotatable bonds is 4. The molecule has 0 radical (unpaired) electrons. The van der Waals surface area contributed by atoms with E-state index in [-0.39, 0.29) is 0 Å². The first-order valence-electron chi connectivity index (χ1n) is 7.46. The van der Waals surface area contributed by atoms with Crippen molar-refractivity contribution in [3.8, 4) is 0 Å². The van der Waals surface area contributed by atoms with Crippen molar-refractivity contribution in [2.24, 2.45) is 0 Å². The summed E-state index contributed by atoms with van der Waals surface area (Å²) in [4.78, 5) is 0. The quantitative estimate of drug-likeness (QED) is 0.861. The van der Waals surface area contributed by atoms with Crippen LogP contribution in [0.1, 0.15) is 55.3 Å². The molecule has 3 unspecified atom stereocenters. The summed E-state index contributed by atoms with van der Waals surface area (Å²) in [5, 5.41) is 4.71. The van der Waals surface area contributed by atoms with E-state index in [0.29, 0.717) is 12.1 Å².